The number of anilines is 1. The largest absolute Gasteiger partial charge is 0.323 e. The van der Waals surface area contributed by atoms with Gasteiger partial charge in [-0.15, -0.1) is 11.8 Å². The number of hydrogen-bond acceptors (Lipinski definition) is 2. The molecule has 1 N–H and O–H groups in total. The number of hydrogen-bond donors (Lipinski definition) is 1. The quantitative estimate of drug-likeness (QED) is 0.739. The minimum Gasteiger partial charge on any atom is -0.323 e. The van der Waals surface area contributed by atoms with Crippen LogP contribution in [0.2, 0.25) is 10.0 Å². The fourth-order valence-corrected chi connectivity index (χ4v) is 3.01. The van der Waals surface area contributed by atoms with Crippen molar-refractivity contribution in [3.63, 3.8) is 0 Å². The zero-order valence-corrected chi connectivity index (χ0v) is 13.7. The van der Waals surface area contributed by atoms with Gasteiger partial charge in [0.25, 0.3) is 0 Å². The van der Waals surface area contributed by atoms with Crippen LogP contribution in [0.4, 0.5) is 14.5 Å². The Hall–Kier alpha value is -1.30. The molecule has 0 radical (unpaired) electrons. The highest BCUT2D eigenvalue weighted by atomic mass is 35.5. The van der Waals surface area contributed by atoms with E-state index >= 15 is 0 Å². The van der Waals surface area contributed by atoms with Crippen molar-refractivity contribution in [2.24, 2.45) is 0 Å². The van der Waals surface area contributed by atoms with Crippen molar-refractivity contribution in [3.8, 4) is 0 Å². The van der Waals surface area contributed by atoms with Crippen LogP contribution >= 0.6 is 35.0 Å². The molecule has 2 nitrogen and oxygen atoms in total. The molecule has 1 amide bonds. The fraction of sp³-hybridized carbons (Fsp3) is 0.133. The maximum Gasteiger partial charge on any atom is 0.237 e. The van der Waals surface area contributed by atoms with Gasteiger partial charge in [-0.05, 0) is 31.2 Å². The van der Waals surface area contributed by atoms with Crippen LogP contribution in [-0.4, -0.2) is 11.2 Å². The number of nitrogens with one attached hydrogen (secondary N) is 1. The first-order valence-corrected chi connectivity index (χ1v) is 7.88. The summed E-state index contributed by atoms with van der Waals surface area (Å²) in [6.07, 6.45) is 0. The Bertz CT molecular complexity index is 692. The van der Waals surface area contributed by atoms with E-state index in [0.29, 0.717) is 15.7 Å². The van der Waals surface area contributed by atoms with Crippen LogP contribution in [0.15, 0.2) is 41.3 Å². The van der Waals surface area contributed by atoms with Gasteiger partial charge in [0.2, 0.25) is 5.91 Å². The summed E-state index contributed by atoms with van der Waals surface area (Å²) in [5, 5.41) is 2.61. The number of halogens is 4. The highest BCUT2D eigenvalue weighted by molar-refractivity contribution is 8.00. The summed E-state index contributed by atoms with van der Waals surface area (Å²) in [5.74, 6) is -1.76. The average Bonchev–Trinajstić information content (AvgIpc) is 2.45. The molecular weight excluding hydrogens is 351 g/mol. The van der Waals surface area contributed by atoms with E-state index in [2.05, 4.69) is 5.32 Å². The van der Waals surface area contributed by atoms with Crippen LogP contribution in [-0.2, 0) is 4.79 Å². The second kappa shape index (κ2) is 7.31. The molecule has 2 aromatic rings. The third-order valence-electron chi connectivity index (χ3n) is 2.78. The van der Waals surface area contributed by atoms with E-state index < -0.39 is 16.9 Å². The molecule has 2 aromatic carbocycles. The number of amides is 1. The lowest BCUT2D eigenvalue weighted by Gasteiger charge is -2.14. The van der Waals surface area contributed by atoms with Crippen molar-refractivity contribution in [2.75, 3.05) is 5.32 Å². The Balaban J connectivity index is 2.09. The summed E-state index contributed by atoms with van der Waals surface area (Å²) in [6.45, 7) is 1.60. The van der Waals surface area contributed by atoms with E-state index in [0.717, 1.165) is 23.9 Å². The summed E-state index contributed by atoms with van der Waals surface area (Å²) in [6, 6.07) is 8.06. The van der Waals surface area contributed by atoms with E-state index in [4.69, 9.17) is 23.2 Å². The molecule has 2 rings (SSSR count). The molecule has 0 bridgehead atoms. The molecule has 0 spiro atoms. The molecular formula is C15H11Cl2F2NOS. The molecule has 116 valence electrons. The Morgan fingerprint density at radius 2 is 1.82 bits per heavy atom. The molecule has 0 aromatic heterocycles. The summed E-state index contributed by atoms with van der Waals surface area (Å²) in [5.41, 5.74) is 0.308. The second-order valence-corrected chi connectivity index (χ2v) is 6.62. The maximum absolute atomic E-state index is 13.6. The molecule has 0 unspecified atom stereocenters. The van der Waals surface area contributed by atoms with Crippen molar-refractivity contribution in [2.45, 2.75) is 17.1 Å². The van der Waals surface area contributed by atoms with E-state index in [1.165, 1.54) is 6.07 Å². The van der Waals surface area contributed by atoms with Crippen LogP contribution < -0.4 is 5.32 Å². The van der Waals surface area contributed by atoms with Gasteiger partial charge in [0.1, 0.15) is 11.6 Å². The van der Waals surface area contributed by atoms with Crippen molar-refractivity contribution in [1.82, 2.24) is 0 Å². The van der Waals surface area contributed by atoms with Gasteiger partial charge in [0.15, 0.2) is 0 Å². The smallest absolute Gasteiger partial charge is 0.237 e. The highest BCUT2D eigenvalue weighted by Gasteiger charge is 2.19. The van der Waals surface area contributed by atoms with E-state index in [9.17, 15) is 13.6 Å². The van der Waals surface area contributed by atoms with Gasteiger partial charge in [-0.3, -0.25) is 4.79 Å². The molecule has 0 aliphatic rings. The molecule has 0 saturated heterocycles. The number of thioether (sulfide) groups is 1. The predicted octanol–water partition coefficient (Wildman–Crippen LogP) is 5.39. The van der Waals surface area contributed by atoms with Gasteiger partial charge in [0.05, 0.1) is 21.0 Å². The van der Waals surface area contributed by atoms with E-state index in [-0.39, 0.29) is 10.8 Å². The van der Waals surface area contributed by atoms with Crippen LogP contribution in [0.3, 0.4) is 0 Å². The number of carbonyl (C=O) groups excluding carboxylic acids is 1. The minimum absolute atomic E-state index is 0.189. The lowest BCUT2D eigenvalue weighted by Crippen LogP contribution is -2.22. The molecule has 0 saturated carbocycles. The van der Waals surface area contributed by atoms with Crippen molar-refractivity contribution < 1.29 is 13.6 Å². The number of benzene rings is 2. The molecule has 0 fully saturated rings. The van der Waals surface area contributed by atoms with E-state index in [1.54, 1.807) is 25.1 Å². The van der Waals surface area contributed by atoms with Gasteiger partial charge >= 0.3 is 0 Å². The SMILES string of the molecule is C[C@@H](Sc1ccc(F)cc1F)C(=O)Nc1c(Cl)cccc1Cl. The predicted molar refractivity (Wildman–Crippen MR) is 86.8 cm³/mol. The Morgan fingerprint density at radius 3 is 2.41 bits per heavy atom. The number of rotatable bonds is 4. The fourth-order valence-electron chi connectivity index (χ4n) is 1.66. The topological polar surface area (TPSA) is 29.1 Å². The normalized spacial score (nSPS) is 12.0. The summed E-state index contributed by atoms with van der Waals surface area (Å²) in [4.78, 5) is 12.3. The average molecular weight is 362 g/mol. The van der Waals surface area contributed by atoms with Gasteiger partial charge in [0, 0.05) is 11.0 Å². The zero-order chi connectivity index (χ0) is 16.3. The highest BCUT2D eigenvalue weighted by Crippen LogP contribution is 2.32. The lowest BCUT2D eigenvalue weighted by molar-refractivity contribution is -0.115. The molecule has 0 heterocycles. The summed E-state index contributed by atoms with van der Waals surface area (Å²) < 4.78 is 26.5. The van der Waals surface area contributed by atoms with Gasteiger partial charge < -0.3 is 5.32 Å². The van der Waals surface area contributed by atoms with Gasteiger partial charge in [-0.1, -0.05) is 29.3 Å². The molecule has 7 heteroatoms. The van der Waals surface area contributed by atoms with Crippen molar-refractivity contribution >= 4 is 46.6 Å². The number of carbonyl (C=O) groups is 1. The summed E-state index contributed by atoms with van der Waals surface area (Å²) >= 11 is 12.9. The molecule has 22 heavy (non-hydrogen) atoms. The van der Waals surface area contributed by atoms with Crippen molar-refractivity contribution in [3.05, 3.63) is 58.1 Å². The van der Waals surface area contributed by atoms with Crippen LogP contribution in [0.25, 0.3) is 0 Å². The Labute approximate surface area is 140 Å². The first-order chi connectivity index (χ1) is 10.4. The summed E-state index contributed by atoms with van der Waals surface area (Å²) in [7, 11) is 0. The monoisotopic (exact) mass is 361 g/mol. The van der Waals surface area contributed by atoms with Crippen LogP contribution in [0.5, 0.6) is 0 Å². The first-order valence-electron chi connectivity index (χ1n) is 6.25. The van der Waals surface area contributed by atoms with E-state index in [1.807, 2.05) is 0 Å². The minimum atomic E-state index is -0.708. The van der Waals surface area contributed by atoms with Crippen LogP contribution in [0.1, 0.15) is 6.92 Å². The molecule has 1 atom stereocenters. The third kappa shape index (κ3) is 4.12. The lowest BCUT2D eigenvalue weighted by atomic mass is 10.3. The molecule has 0 aliphatic heterocycles. The van der Waals surface area contributed by atoms with Crippen molar-refractivity contribution in [1.29, 1.82) is 0 Å². The maximum atomic E-state index is 13.6. The Kier molecular flexibility index (Phi) is 5.67. The number of para-hydroxylation sites is 1. The second-order valence-electron chi connectivity index (χ2n) is 4.42. The molecule has 0 aliphatic carbocycles. The van der Waals surface area contributed by atoms with Gasteiger partial charge in [-0.25, -0.2) is 8.78 Å². The third-order valence-corrected chi connectivity index (χ3v) is 4.56. The standard InChI is InChI=1S/C15H11Cl2F2NOS/c1-8(22-13-6-5-9(18)7-12(13)19)15(21)20-14-10(16)3-2-4-11(14)17/h2-8H,1H3,(H,20,21)/t8-/m1/s1. The van der Waals surface area contributed by atoms with Crippen LogP contribution in [0, 0.1) is 11.6 Å². The van der Waals surface area contributed by atoms with Gasteiger partial charge in [-0.2, -0.15) is 0 Å². The zero-order valence-electron chi connectivity index (χ0n) is 11.4. The Morgan fingerprint density at radius 1 is 1.18 bits per heavy atom. The first kappa shape index (κ1) is 17.1.